The van der Waals surface area contributed by atoms with Crippen molar-refractivity contribution < 1.29 is 4.79 Å². The van der Waals surface area contributed by atoms with Crippen LogP contribution in [-0.2, 0) is 17.8 Å². The van der Waals surface area contributed by atoms with Gasteiger partial charge in [0.15, 0.2) is 0 Å². The molecule has 0 atom stereocenters. The maximum absolute atomic E-state index is 12.5. The van der Waals surface area contributed by atoms with Crippen LogP contribution in [0.2, 0.25) is 0 Å². The molecule has 3 nitrogen and oxygen atoms in total. The van der Waals surface area contributed by atoms with Crippen LogP contribution in [0.25, 0.3) is 0 Å². The molecular weight excluding hydrogens is 260 g/mol. The summed E-state index contributed by atoms with van der Waals surface area (Å²) in [7, 11) is 1.82. The van der Waals surface area contributed by atoms with E-state index in [4.69, 9.17) is 5.73 Å². The number of likely N-dealkylation sites (N-methyl/N-ethyl adjacent to an activating group) is 1. The number of benzene rings is 2. The second-order valence-electron chi connectivity index (χ2n) is 5.39. The molecule has 0 saturated carbocycles. The molecule has 0 aromatic heterocycles. The molecule has 0 saturated heterocycles. The van der Waals surface area contributed by atoms with Gasteiger partial charge < -0.3 is 10.6 Å². The van der Waals surface area contributed by atoms with E-state index in [9.17, 15) is 4.79 Å². The molecule has 0 fully saturated rings. The van der Waals surface area contributed by atoms with Gasteiger partial charge in [0, 0.05) is 19.3 Å². The minimum Gasteiger partial charge on any atom is -0.326 e. The van der Waals surface area contributed by atoms with Crippen molar-refractivity contribution in [2.45, 2.75) is 26.8 Å². The topological polar surface area (TPSA) is 46.3 Å². The van der Waals surface area contributed by atoms with Crippen molar-refractivity contribution >= 4 is 11.6 Å². The van der Waals surface area contributed by atoms with Gasteiger partial charge in [-0.3, -0.25) is 4.79 Å². The molecule has 0 aliphatic carbocycles. The van der Waals surface area contributed by atoms with E-state index < -0.39 is 0 Å². The Morgan fingerprint density at radius 1 is 1.10 bits per heavy atom. The molecule has 0 aliphatic heterocycles. The van der Waals surface area contributed by atoms with Gasteiger partial charge in [-0.25, -0.2) is 0 Å². The fraction of sp³-hybridized carbons (Fsp3) is 0.278. The Morgan fingerprint density at radius 3 is 2.38 bits per heavy atom. The summed E-state index contributed by atoms with van der Waals surface area (Å²) in [5.74, 6) is 0.0721. The van der Waals surface area contributed by atoms with Gasteiger partial charge in [0.1, 0.15) is 0 Å². The third-order valence-electron chi connectivity index (χ3n) is 3.77. The van der Waals surface area contributed by atoms with Crippen molar-refractivity contribution in [3.05, 3.63) is 64.7 Å². The number of nitrogens with zero attached hydrogens (tertiary/aromatic N) is 1. The SMILES string of the molecule is Cc1ccc(N(C)C(=O)Cc2ccccc2CN)c(C)c1. The van der Waals surface area contributed by atoms with Gasteiger partial charge in [-0.1, -0.05) is 42.0 Å². The number of carbonyl (C=O) groups is 1. The molecule has 2 N–H and O–H groups in total. The van der Waals surface area contributed by atoms with Crippen molar-refractivity contribution in [3.63, 3.8) is 0 Å². The van der Waals surface area contributed by atoms with Crippen molar-refractivity contribution in [2.75, 3.05) is 11.9 Å². The van der Waals surface area contributed by atoms with E-state index >= 15 is 0 Å². The highest BCUT2D eigenvalue weighted by Gasteiger charge is 2.14. The average molecular weight is 282 g/mol. The van der Waals surface area contributed by atoms with Crippen molar-refractivity contribution in [1.82, 2.24) is 0 Å². The van der Waals surface area contributed by atoms with Gasteiger partial charge in [-0.2, -0.15) is 0 Å². The highest BCUT2D eigenvalue weighted by atomic mass is 16.2. The molecule has 0 radical (unpaired) electrons. The van der Waals surface area contributed by atoms with Crippen molar-refractivity contribution in [1.29, 1.82) is 0 Å². The number of rotatable bonds is 4. The zero-order chi connectivity index (χ0) is 15.4. The van der Waals surface area contributed by atoms with E-state index in [0.717, 1.165) is 22.4 Å². The summed E-state index contributed by atoms with van der Waals surface area (Å²) in [5.41, 5.74) is 11.0. The maximum atomic E-state index is 12.5. The van der Waals surface area contributed by atoms with Crippen LogP contribution < -0.4 is 10.6 Å². The van der Waals surface area contributed by atoms with Gasteiger partial charge >= 0.3 is 0 Å². The monoisotopic (exact) mass is 282 g/mol. The van der Waals surface area contributed by atoms with Gasteiger partial charge in [0.2, 0.25) is 5.91 Å². The molecule has 0 unspecified atom stereocenters. The summed E-state index contributed by atoms with van der Waals surface area (Å²) in [6.45, 7) is 4.53. The van der Waals surface area contributed by atoms with Crippen molar-refractivity contribution in [2.24, 2.45) is 5.73 Å². The summed E-state index contributed by atoms with van der Waals surface area (Å²) >= 11 is 0. The Morgan fingerprint density at radius 2 is 1.76 bits per heavy atom. The predicted octanol–water partition coefficient (Wildman–Crippen LogP) is 2.97. The maximum Gasteiger partial charge on any atom is 0.231 e. The van der Waals surface area contributed by atoms with Crippen LogP contribution in [0.4, 0.5) is 5.69 Å². The number of nitrogens with two attached hydrogens (primary N) is 1. The first-order valence-corrected chi connectivity index (χ1v) is 7.13. The van der Waals surface area contributed by atoms with Crippen LogP contribution in [0.3, 0.4) is 0 Å². The standard InChI is InChI=1S/C18H22N2O/c1-13-8-9-17(14(2)10-13)20(3)18(21)11-15-6-4-5-7-16(15)12-19/h4-10H,11-12,19H2,1-3H3. The zero-order valence-corrected chi connectivity index (χ0v) is 12.9. The van der Waals surface area contributed by atoms with E-state index in [2.05, 4.69) is 13.0 Å². The van der Waals surface area contributed by atoms with Crippen LogP contribution in [0.5, 0.6) is 0 Å². The van der Waals surface area contributed by atoms with E-state index in [1.54, 1.807) is 4.90 Å². The van der Waals surface area contributed by atoms with Crippen LogP contribution in [0, 0.1) is 13.8 Å². The summed E-state index contributed by atoms with van der Waals surface area (Å²) in [6, 6.07) is 13.9. The van der Waals surface area contributed by atoms with E-state index in [1.807, 2.05) is 50.4 Å². The Balaban J connectivity index is 2.19. The van der Waals surface area contributed by atoms with Crippen LogP contribution in [0.15, 0.2) is 42.5 Å². The summed E-state index contributed by atoms with van der Waals surface area (Å²) < 4.78 is 0. The van der Waals surface area contributed by atoms with E-state index in [0.29, 0.717) is 13.0 Å². The second kappa shape index (κ2) is 6.55. The number of hydrogen-bond donors (Lipinski definition) is 1. The first-order valence-electron chi connectivity index (χ1n) is 7.13. The largest absolute Gasteiger partial charge is 0.326 e. The number of hydrogen-bond acceptors (Lipinski definition) is 2. The molecule has 0 aliphatic rings. The third-order valence-corrected chi connectivity index (χ3v) is 3.77. The second-order valence-corrected chi connectivity index (χ2v) is 5.39. The third kappa shape index (κ3) is 3.50. The Labute approximate surface area is 126 Å². The first-order chi connectivity index (χ1) is 10.0. The van der Waals surface area contributed by atoms with E-state index in [-0.39, 0.29) is 5.91 Å². The molecule has 2 aromatic rings. The summed E-state index contributed by atoms with van der Waals surface area (Å²) in [5, 5.41) is 0. The molecular formula is C18H22N2O. The quantitative estimate of drug-likeness (QED) is 0.937. The number of carbonyl (C=O) groups excluding carboxylic acids is 1. The van der Waals surface area contributed by atoms with Gasteiger partial charge in [-0.15, -0.1) is 0 Å². The highest BCUT2D eigenvalue weighted by Crippen LogP contribution is 2.21. The Hall–Kier alpha value is -2.13. The summed E-state index contributed by atoms with van der Waals surface area (Å²) in [6.07, 6.45) is 0.372. The molecule has 3 heteroatoms. The first kappa shape index (κ1) is 15.3. The molecule has 2 rings (SSSR count). The minimum atomic E-state index is 0.0721. The Bertz CT molecular complexity index is 649. The minimum absolute atomic E-state index is 0.0721. The van der Waals surface area contributed by atoms with Gasteiger partial charge in [-0.05, 0) is 36.6 Å². The fourth-order valence-corrected chi connectivity index (χ4v) is 2.53. The molecule has 2 aromatic carbocycles. The molecule has 0 bridgehead atoms. The molecule has 1 amide bonds. The highest BCUT2D eigenvalue weighted by molar-refractivity contribution is 5.95. The van der Waals surface area contributed by atoms with E-state index in [1.165, 1.54) is 5.56 Å². The lowest BCUT2D eigenvalue weighted by Gasteiger charge is -2.20. The van der Waals surface area contributed by atoms with Crippen LogP contribution >= 0.6 is 0 Å². The number of anilines is 1. The molecule has 110 valence electrons. The number of aryl methyl sites for hydroxylation is 2. The molecule has 21 heavy (non-hydrogen) atoms. The lowest BCUT2D eigenvalue weighted by molar-refractivity contribution is -0.117. The number of amides is 1. The lowest BCUT2D eigenvalue weighted by Crippen LogP contribution is -2.29. The average Bonchev–Trinajstić information content (AvgIpc) is 2.47. The molecule has 0 spiro atoms. The predicted molar refractivity (Wildman–Crippen MR) is 87.4 cm³/mol. The lowest BCUT2D eigenvalue weighted by atomic mass is 10.0. The Kier molecular flexibility index (Phi) is 4.76. The van der Waals surface area contributed by atoms with Crippen LogP contribution in [-0.4, -0.2) is 13.0 Å². The summed E-state index contributed by atoms with van der Waals surface area (Å²) in [4.78, 5) is 14.2. The molecule has 0 heterocycles. The zero-order valence-electron chi connectivity index (χ0n) is 12.9. The normalized spacial score (nSPS) is 10.5. The smallest absolute Gasteiger partial charge is 0.231 e. The van der Waals surface area contributed by atoms with Crippen molar-refractivity contribution in [3.8, 4) is 0 Å². The van der Waals surface area contributed by atoms with Gasteiger partial charge in [0.05, 0.1) is 6.42 Å². The fourth-order valence-electron chi connectivity index (χ4n) is 2.53. The van der Waals surface area contributed by atoms with Crippen LogP contribution in [0.1, 0.15) is 22.3 Å². The van der Waals surface area contributed by atoms with Gasteiger partial charge in [0.25, 0.3) is 0 Å².